The number of nitrogens with zero attached hydrogens (tertiary/aromatic N) is 1. The van der Waals surface area contributed by atoms with Crippen molar-refractivity contribution in [3.8, 4) is 0 Å². The van der Waals surface area contributed by atoms with Gasteiger partial charge < -0.3 is 15.3 Å². The van der Waals surface area contributed by atoms with E-state index in [1.807, 2.05) is 55.6 Å². The summed E-state index contributed by atoms with van der Waals surface area (Å²) in [7, 11) is 2.01. The van der Waals surface area contributed by atoms with Gasteiger partial charge in [-0.2, -0.15) is 0 Å². The van der Waals surface area contributed by atoms with Crippen molar-refractivity contribution in [2.45, 2.75) is 20.1 Å². The summed E-state index contributed by atoms with van der Waals surface area (Å²) >= 11 is 0. The van der Waals surface area contributed by atoms with Crippen LogP contribution in [0.25, 0.3) is 0 Å². The van der Waals surface area contributed by atoms with E-state index in [4.69, 9.17) is 0 Å². The minimum absolute atomic E-state index is 0.0237. The van der Waals surface area contributed by atoms with E-state index in [0.717, 1.165) is 23.4 Å². The number of amides is 1. The van der Waals surface area contributed by atoms with Crippen LogP contribution >= 0.6 is 0 Å². The summed E-state index contributed by atoms with van der Waals surface area (Å²) in [6.45, 7) is 3.39. The van der Waals surface area contributed by atoms with Gasteiger partial charge in [-0.05, 0) is 42.3 Å². The fraction of sp³-hybridized carbons (Fsp3) is 0.278. The highest BCUT2D eigenvalue weighted by atomic mass is 16.3. The minimum Gasteiger partial charge on any atom is -0.392 e. The number of aliphatic hydroxyl groups excluding tert-OH is 1. The Morgan fingerprint density at radius 1 is 1.09 bits per heavy atom. The summed E-state index contributed by atoms with van der Waals surface area (Å²) in [4.78, 5) is 14.3. The average molecular weight is 298 g/mol. The zero-order chi connectivity index (χ0) is 15.9. The monoisotopic (exact) mass is 298 g/mol. The molecule has 0 unspecified atom stereocenters. The molecule has 4 nitrogen and oxygen atoms in total. The quantitative estimate of drug-likeness (QED) is 0.862. The standard InChI is InChI=1S/C18H22N2O2/c1-3-20(2)17-10-8-14(9-11-17)18(22)19-12-15-6-4-5-7-16(15)13-21/h4-11,21H,3,12-13H2,1-2H3,(H,19,22). The van der Waals surface area contributed by atoms with Crippen LogP contribution in [0.2, 0.25) is 0 Å². The number of hydrogen-bond donors (Lipinski definition) is 2. The molecule has 0 saturated heterocycles. The van der Waals surface area contributed by atoms with E-state index in [-0.39, 0.29) is 12.5 Å². The van der Waals surface area contributed by atoms with Crippen LogP contribution < -0.4 is 10.2 Å². The second kappa shape index (κ2) is 7.61. The van der Waals surface area contributed by atoms with Crippen LogP contribution in [0.15, 0.2) is 48.5 Å². The van der Waals surface area contributed by atoms with Gasteiger partial charge in [0.15, 0.2) is 0 Å². The Bertz CT molecular complexity index is 623. The molecule has 0 bridgehead atoms. The highest BCUT2D eigenvalue weighted by Crippen LogP contribution is 2.14. The van der Waals surface area contributed by atoms with Crippen LogP contribution in [-0.4, -0.2) is 24.6 Å². The van der Waals surface area contributed by atoms with Crippen LogP contribution in [0.4, 0.5) is 5.69 Å². The van der Waals surface area contributed by atoms with Gasteiger partial charge in [0.2, 0.25) is 0 Å². The summed E-state index contributed by atoms with van der Waals surface area (Å²) < 4.78 is 0. The van der Waals surface area contributed by atoms with Gasteiger partial charge in [0, 0.05) is 31.4 Å². The first-order valence-corrected chi connectivity index (χ1v) is 7.42. The molecule has 22 heavy (non-hydrogen) atoms. The number of rotatable bonds is 6. The van der Waals surface area contributed by atoms with Crippen LogP contribution in [0.5, 0.6) is 0 Å². The summed E-state index contributed by atoms with van der Waals surface area (Å²) in [6.07, 6.45) is 0. The molecule has 0 aliphatic heterocycles. The number of benzene rings is 2. The maximum absolute atomic E-state index is 12.2. The molecule has 1 amide bonds. The van der Waals surface area contributed by atoms with Crippen molar-refractivity contribution in [3.63, 3.8) is 0 Å². The molecule has 0 aliphatic carbocycles. The van der Waals surface area contributed by atoms with Gasteiger partial charge in [-0.1, -0.05) is 24.3 Å². The molecular formula is C18H22N2O2. The SMILES string of the molecule is CCN(C)c1ccc(C(=O)NCc2ccccc2CO)cc1. The first kappa shape index (κ1) is 16.0. The van der Waals surface area contributed by atoms with Crippen molar-refractivity contribution in [1.29, 1.82) is 0 Å². The fourth-order valence-corrected chi connectivity index (χ4v) is 2.21. The smallest absolute Gasteiger partial charge is 0.251 e. The molecular weight excluding hydrogens is 276 g/mol. The Hall–Kier alpha value is -2.33. The van der Waals surface area contributed by atoms with Gasteiger partial charge in [0.25, 0.3) is 5.91 Å². The third-order valence-corrected chi connectivity index (χ3v) is 3.77. The number of carbonyl (C=O) groups is 1. The van der Waals surface area contributed by atoms with Crippen LogP contribution in [0.3, 0.4) is 0 Å². The number of nitrogens with one attached hydrogen (secondary N) is 1. The third-order valence-electron chi connectivity index (χ3n) is 3.77. The van der Waals surface area contributed by atoms with Crippen molar-refractivity contribution in [1.82, 2.24) is 5.32 Å². The second-order valence-electron chi connectivity index (χ2n) is 5.17. The van der Waals surface area contributed by atoms with E-state index in [1.165, 1.54) is 0 Å². The van der Waals surface area contributed by atoms with Crippen LogP contribution in [0.1, 0.15) is 28.4 Å². The highest BCUT2D eigenvalue weighted by Gasteiger charge is 2.07. The highest BCUT2D eigenvalue weighted by molar-refractivity contribution is 5.94. The first-order valence-electron chi connectivity index (χ1n) is 7.42. The normalized spacial score (nSPS) is 10.3. The minimum atomic E-state index is -0.113. The topological polar surface area (TPSA) is 52.6 Å². The van der Waals surface area contributed by atoms with Gasteiger partial charge in [-0.3, -0.25) is 4.79 Å². The van der Waals surface area contributed by atoms with E-state index in [2.05, 4.69) is 17.1 Å². The molecule has 0 saturated carbocycles. The molecule has 0 heterocycles. The summed E-state index contributed by atoms with van der Waals surface area (Å²) in [5.74, 6) is -0.113. The fourth-order valence-electron chi connectivity index (χ4n) is 2.21. The Morgan fingerprint density at radius 3 is 2.32 bits per heavy atom. The number of carbonyl (C=O) groups excluding carboxylic acids is 1. The zero-order valence-electron chi connectivity index (χ0n) is 13.0. The molecule has 4 heteroatoms. The van der Waals surface area contributed by atoms with Crippen molar-refractivity contribution in [2.75, 3.05) is 18.5 Å². The molecule has 0 aliphatic rings. The van der Waals surface area contributed by atoms with E-state index in [1.54, 1.807) is 0 Å². The maximum atomic E-state index is 12.2. The summed E-state index contributed by atoms with van der Waals surface area (Å²) in [6, 6.07) is 15.1. The van der Waals surface area contributed by atoms with E-state index in [9.17, 15) is 9.90 Å². The first-order chi connectivity index (χ1) is 10.7. The molecule has 2 aromatic rings. The Labute approximate surface area is 131 Å². The van der Waals surface area contributed by atoms with Gasteiger partial charge in [0.1, 0.15) is 0 Å². The second-order valence-corrected chi connectivity index (χ2v) is 5.17. The van der Waals surface area contributed by atoms with E-state index >= 15 is 0 Å². The maximum Gasteiger partial charge on any atom is 0.251 e. The largest absolute Gasteiger partial charge is 0.392 e. The molecule has 0 radical (unpaired) electrons. The Balaban J connectivity index is 2.00. The molecule has 0 aromatic heterocycles. The van der Waals surface area contributed by atoms with Gasteiger partial charge in [-0.25, -0.2) is 0 Å². The van der Waals surface area contributed by atoms with Crippen molar-refractivity contribution in [3.05, 3.63) is 65.2 Å². The van der Waals surface area contributed by atoms with Crippen molar-refractivity contribution < 1.29 is 9.90 Å². The van der Waals surface area contributed by atoms with Gasteiger partial charge in [0.05, 0.1) is 6.61 Å². The van der Waals surface area contributed by atoms with Crippen molar-refractivity contribution >= 4 is 11.6 Å². The Morgan fingerprint density at radius 2 is 1.73 bits per heavy atom. The average Bonchev–Trinajstić information content (AvgIpc) is 2.59. The van der Waals surface area contributed by atoms with Crippen LogP contribution in [0, 0.1) is 0 Å². The lowest BCUT2D eigenvalue weighted by atomic mass is 10.1. The molecule has 0 fully saturated rings. The van der Waals surface area contributed by atoms with Gasteiger partial charge >= 0.3 is 0 Å². The third kappa shape index (κ3) is 3.86. The lowest BCUT2D eigenvalue weighted by Crippen LogP contribution is -2.23. The molecule has 2 N–H and O–H groups in total. The lowest BCUT2D eigenvalue weighted by molar-refractivity contribution is 0.0950. The molecule has 2 aromatic carbocycles. The van der Waals surface area contributed by atoms with E-state index < -0.39 is 0 Å². The number of hydrogen-bond acceptors (Lipinski definition) is 3. The number of aliphatic hydroxyl groups is 1. The molecule has 2 rings (SSSR count). The summed E-state index contributed by atoms with van der Waals surface area (Å²) in [5.41, 5.74) is 3.49. The molecule has 0 atom stereocenters. The Kier molecular flexibility index (Phi) is 5.55. The van der Waals surface area contributed by atoms with E-state index in [0.29, 0.717) is 12.1 Å². The number of anilines is 1. The molecule has 0 spiro atoms. The van der Waals surface area contributed by atoms with Crippen molar-refractivity contribution in [2.24, 2.45) is 0 Å². The lowest BCUT2D eigenvalue weighted by Gasteiger charge is -2.16. The predicted octanol–water partition coefficient (Wildman–Crippen LogP) is 2.57. The molecule has 116 valence electrons. The van der Waals surface area contributed by atoms with Crippen LogP contribution in [-0.2, 0) is 13.2 Å². The predicted molar refractivity (Wildman–Crippen MR) is 88.9 cm³/mol. The van der Waals surface area contributed by atoms with Gasteiger partial charge in [-0.15, -0.1) is 0 Å². The summed E-state index contributed by atoms with van der Waals surface area (Å²) in [5, 5.41) is 12.2. The zero-order valence-corrected chi connectivity index (χ0v) is 13.0.